The van der Waals surface area contributed by atoms with Crippen LogP contribution >= 0.6 is 0 Å². The average molecular weight is 379 g/mol. The van der Waals surface area contributed by atoms with E-state index in [1.54, 1.807) is 4.90 Å². The second-order valence-electron chi connectivity index (χ2n) is 7.42. The fourth-order valence-corrected chi connectivity index (χ4v) is 4.31. The molecule has 0 spiro atoms. The van der Waals surface area contributed by atoms with Crippen LogP contribution in [0.25, 0.3) is 5.69 Å². The predicted octanol–water partition coefficient (Wildman–Crippen LogP) is 2.60. The van der Waals surface area contributed by atoms with Gasteiger partial charge in [0.1, 0.15) is 5.69 Å². The van der Waals surface area contributed by atoms with Crippen LogP contribution in [-0.2, 0) is 11.0 Å². The number of benzene rings is 1. The van der Waals surface area contributed by atoms with Crippen molar-refractivity contribution in [3.05, 3.63) is 46.0 Å². The van der Waals surface area contributed by atoms with E-state index in [9.17, 15) is 27.9 Å². The van der Waals surface area contributed by atoms with Crippen molar-refractivity contribution in [2.24, 2.45) is 5.92 Å². The van der Waals surface area contributed by atoms with Crippen LogP contribution in [0.3, 0.4) is 0 Å². The summed E-state index contributed by atoms with van der Waals surface area (Å²) in [6.45, 7) is 0.402. The van der Waals surface area contributed by atoms with Crippen LogP contribution in [0.2, 0.25) is 0 Å². The third-order valence-electron chi connectivity index (χ3n) is 5.70. The molecular formula is C18H16F3N3O3. The first-order valence-electron chi connectivity index (χ1n) is 8.81. The highest BCUT2D eigenvalue weighted by molar-refractivity contribution is 5.82. The van der Waals surface area contributed by atoms with Crippen LogP contribution < -0.4 is 5.69 Å². The van der Waals surface area contributed by atoms with Crippen LogP contribution in [0.1, 0.15) is 42.6 Å². The largest absolute Gasteiger partial charge is 0.493 e. The van der Waals surface area contributed by atoms with Crippen molar-refractivity contribution >= 4 is 5.91 Å². The van der Waals surface area contributed by atoms with Crippen molar-refractivity contribution in [1.29, 1.82) is 0 Å². The number of likely N-dealkylation sites (tertiary alicyclic amines) is 1. The number of alkyl halides is 3. The Hall–Kier alpha value is -2.71. The van der Waals surface area contributed by atoms with E-state index in [0.29, 0.717) is 18.7 Å². The Kier molecular flexibility index (Phi) is 3.15. The van der Waals surface area contributed by atoms with Crippen LogP contribution in [0.15, 0.2) is 29.1 Å². The zero-order chi connectivity index (χ0) is 19.1. The Morgan fingerprint density at radius 2 is 1.96 bits per heavy atom. The highest BCUT2D eigenvalue weighted by atomic mass is 19.4. The third kappa shape index (κ3) is 2.26. The molecule has 5 rings (SSSR count). The van der Waals surface area contributed by atoms with Crippen molar-refractivity contribution < 1.29 is 23.1 Å². The summed E-state index contributed by atoms with van der Waals surface area (Å²) < 4.78 is 41.3. The molecule has 27 heavy (non-hydrogen) atoms. The van der Waals surface area contributed by atoms with Gasteiger partial charge in [-0.1, -0.05) is 6.07 Å². The zero-order valence-corrected chi connectivity index (χ0v) is 14.1. The summed E-state index contributed by atoms with van der Waals surface area (Å²) in [7, 11) is 0. The van der Waals surface area contributed by atoms with E-state index in [1.807, 2.05) is 0 Å². The summed E-state index contributed by atoms with van der Waals surface area (Å²) in [5, 5.41) is 10.7. The molecule has 9 heteroatoms. The van der Waals surface area contributed by atoms with Crippen LogP contribution in [0, 0.1) is 5.92 Å². The Bertz CT molecular complexity index is 1020. The summed E-state index contributed by atoms with van der Waals surface area (Å²) >= 11 is 0. The molecule has 2 bridgehead atoms. The van der Waals surface area contributed by atoms with Gasteiger partial charge >= 0.3 is 11.9 Å². The first-order valence-corrected chi connectivity index (χ1v) is 8.81. The highest BCUT2D eigenvalue weighted by Gasteiger charge is 2.51. The number of rotatable bonds is 2. The van der Waals surface area contributed by atoms with Gasteiger partial charge in [0.25, 0.3) is 0 Å². The SMILES string of the molecule is O=C(C1CC1)N1C[C@@H]2C[C@H]1c1c(O)n(-c3cccc(C(F)(F)F)c3)c(=O)n12. The van der Waals surface area contributed by atoms with Gasteiger partial charge in [-0.3, -0.25) is 9.36 Å². The van der Waals surface area contributed by atoms with E-state index >= 15 is 0 Å². The standard InChI is InChI=1S/C18H16F3N3O3/c19-18(20,21)10-2-1-3-11(6-10)24-16(26)14-13-7-12(23(14)17(24)27)8-22(13)15(25)9-4-5-9/h1-3,6,9,12-13,26H,4-5,7-8H2/t12-,13-/m0/s1. The van der Waals surface area contributed by atoms with Crippen molar-refractivity contribution in [3.8, 4) is 11.6 Å². The van der Waals surface area contributed by atoms with E-state index < -0.39 is 23.5 Å². The number of aromatic hydroxyl groups is 1. The van der Waals surface area contributed by atoms with E-state index in [4.69, 9.17) is 0 Å². The number of imidazole rings is 1. The van der Waals surface area contributed by atoms with Crippen LogP contribution in [-0.4, -0.2) is 31.6 Å². The van der Waals surface area contributed by atoms with Crippen molar-refractivity contribution in [2.45, 2.75) is 37.5 Å². The summed E-state index contributed by atoms with van der Waals surface area (Å²) in [4.78, 5) is 27.0. The monoisotopic (exact) mass is 379 g/mol. The molecule has 3 aliphatic rings. The minimum absolute atomic E-state index is 0.0252. The first-order chi connectivity index (χ1) is 12.8. The molecule has 3 heterocycles. The predicted molar refractivity (Wildman–Crippen MR) is 87.5 cm³/mol. The minimum atomic E-state index is -4.55. The first kappa shape index (κ1) is 16.5. The third-order valence-corrected chi connectivity index (χ3v) is 5.70. The second kappa shape index (κ2) is 5.17. The molecular weight excluding hydrogens is 363 g/mol. The number of hydrogen-bond donors (Lipinski definition) is 1. The molecule has 0 radical (unpaired) electrons. The highest BCUT2D eigenvalue weighted by Crippen LogP contribution is 2.50. The van der Waals surface area contributed by atoms with Gasteiger partial charge in [0.15, 0.2) is 0 Å². The molecule has 6 nitrogen and oxygen atoms in total. The lowest BCUT2D eigenvalue weighted by molar-refractivity contribution is -0.137. The lowest BCUT2D eigenvalue weighted by Gasteiger charge is -2.27. The molecule has 1 saturated heterocycles. The lowest BCUT2D eigenvalue weighted by Crippen LogP contribution is -2.38. The number of carbonyl (C=O) groups excluding carboxylic acids is 1. The van der Waals surface area contributed by atoms with E-state index in [0.717, 1.165) is 29.5 Å². The van der Waals surface area contributed by atoms with E-state index in [2.05, 4.69) is 0 Å². The summed E-state index contributed by atoms with van der Waals surface area (Å²) in [6, 6.07) is 3.65. The number of hydrogen-bond acceptors (Lipinski definition) is 3. The van der Waals surface area contributed by atoms with Crippen molar-refractivity contribution in [2.75, 3.05) is 6.54 Å². The van der Waals surface area contributed by atoms with E-state index in [-0.39, 0.29) is 29.4 Å². The number of nitrogens with zero attached hydrogens (tertiary/aromatic N) is 3. The number of aromatic nitrogens is 2. The second-order valence-corrected chi connectivity index (χ2v) is 7.42. The minimum Gasteiger partial charge on any atom is -0.493 e. The molecule has 1 amide bonds. The molecule has 2 aromatic rings. The number of halogens is 3. The Labute approximate surface area is 151 Å². The number of amides is 1. The van der Waals surface area contributed by atoms with Gasteiger partial charge < -0.3 is 10.0 Å². The normalized spacial score (nSPS) is 23.7. The van der Waals surface area contributed by atoms with Gasteiger partial charge in [-0.05, 0) is 37.5 Å². The molecule has 1 N–H and O–H groups in total. The molecule has 142 valence electrons. The molecule has 2 atom stereocenters. The van der Waals surface area contributed by atoms with Gasteiger partial charge in [0.05, 0.1) is 23.3 Å². The summed E-state index contributed by atoms with van der Waals surface area (Å²) in [5.41, 5.74) is -1.20. The Morgan fingerprint density at radius 1 is 1.22 bits per heavy atom. The van der Waals surface area contributed by atoms with Crippen molar-refractivity contribution in [3.63, 3.8) is 0 Å². The molecule has 1 aromatic carbocycles. The van der Waals surface area contributed by atoms with Gasteiger partial charge in [-0.25, -0.2) is 9.36 Å². The lowest BCUT2D eigenvalue weighted by atomic mass is 10.1. The Balaban J connectivity index is 1.60. The van der Waals surface area contributed by atoms with Crippen LogP contribution in [0.5, 0.6) is 5.88 Å². The number of carbonyl (C=O) groups is 1. The van der Waals surface area contributed by atoms with Gasteiger partial charge in [0.2, 0.25) is 11.8 Å². The topological polar surface area (TPSA) is 67.5 Å². The fraction of sp³-hybridized carbons (Fsp3) is 0.444. The maximum atomic E-state index is 13.0. The molecule has 2 fully saturated rings. The molecule has 2 aliphatic heterocycles. The fourth-order valence-electron chi connectivity index (χ4n) is 4.31. The zero-order valence-electron chi connectivity index (χ0n) is 14.1. The van der Waals surface area contributed by atoms with Crippen molar-refractivity contribution in [1.82, 2.24) is 14.0 Å². The molecule has 0 unspecified atom stereocenters. The maximum absolute atomic E-state index is 13.0. The maximum Gasteiger partial charge on any atom is 0.416 e. The average Bonchev–Trinajstić information content (AvgIpc) is 3.21. The summed E-state index contributed by atoms with van der Waals surface area (Å²) in [5.74, 6) is -0.329. The number of fused-ring (bicyclic) bond motifs is 5. The van der Waals surface area contributed by atoms with Gasteiger partial charge in [0, 0.05) is 12.5 Å². The van der Waals surface area contributed by atoms with E-state index in [1.165, 1.54) is 16.7 Å². The molecule has 1 aromatic heterocycles. The van der Waals surface area contributed by atoms with Crippen LogP contribution in [0.4, 0.5) is 13.2 Å². The smallest absolute Gasteiger partial charge is 0.416 e. The molecule has 1 saturated carbocycles. The Morgan fingerprint density at radius 3 is 2.63 bits per heavy atom. The quantitative estimate of drug-likeness (QED) is 0.872. The van der Waals surface area contributed by atoms with Gasteiger partial charge in [-0.2, -0.15) is 13.2 Å². The summed E-state index contributed by atoms with van der Waals surface area (Å²) in [6.07, 6.45) is -2.28. The molecule has 1 aliphatic carbocycles. The van der Waals surface area contributed by atoms with Gasteiger partial charge in [-0.15, -0.1) is 0 Å².